The largest absolute Gasteiger partial charge is 0.468 e. The van der Waals surface area contributed by atoms with Gasteiger partial charge in [-0.15, -0.1) is 0 Å². The number of para-hydroxylation sites is 1. The van der Waals surface area contributed by atoms with Crippen LogP contribution in [0.15, 0.2) is 53.5 Å². The molecule has 0 aromatic heterocycles. The Labute approximate surface area is 231 Å². The molecule has 4 rings (SSSR count). The highest BCUT2D eigenvalue weighted by atomic mass is 19.2. The monoisotopic (exact) mass is 557 g/mol. The number of benzene rings is 2. The number of nitrogens with zero attached hydrogens (tertiary/aromatic N) is 3. The van der Waals surface area contributed by atoms with Gasteiger partial charge in [0.05, 0.1) is 25.5 Å². The van der Waals surface area contributed by atoms with Crippen LogP contribution in [-0.4, -0.2) is 81.7 Å². The molecular weight excluding hydrogens is 524 g/mol. The van der Waals surface area contributed by atoms with E-state index in [1.54, 1.807) is 0 Å². The Bertz CT molecular complexity index is 1240. The number of carbonyl (C=O) groups excluding carboxylic acids is 3. The second-order valence-electron chi connectivity index (χ2n) is 9.59. The van der Waals surface area contributed by atoms with E-state index in [0.717, 1.165) is 50.1 Å². The summed E-state index contributed by atoms with van der Waals surface area (Å²) in [6, 6.07) is 10.3. The summed E-state index contributed by atoms with van der Waals surface area (Å²) in [6.45, 7) is 2.24. The van der Waals surface area contributed by atoms with E-state index in [1.165, 1.54) is 18.9 Å². The highest BCUT2D eigenvalue weighted by molar-refractivity contribution is 6.12. The number of imide groups is 1. The molecule has 2 heterocycles. The van der Waals surface area contributed by atoms with Crippen molar-refractivity contribution in [2.45, 2.75) is 24.9 Å². The molecule has 0 saturated carbocycles. The Morgan fingerprint density at radius 2 is 1.75 bits per heavy atom. The summed E-state index contributed by atoms with van der Waals surface area (Å²) in [6.07, 6.45) is 1.87. The zero-order valence-corrected chi connectivity index (χ0v) is 22.4. The maximum absolute atomic E-state index is 14.2. The molecule has 2 aliphatic heterocycles. The summed E-state index contributed by atoms with van der Waals surface area (Å²) < 4.78 is 37.9. The summed E-state index contributed by atoms with van der Waals surface area (Å²) in [5.41, 5.74) is 1.24. The third-order valence-corrected chi connectivity index (χ3v) is 7.10. The Balaban J connectivity index is 1.42. The van der Waals surface area contributed by atoms with Gasteiger partial charge >= 0.3 is 18.0 Å². The van der Waals surface area contributed by atoms with E-state index < -0.39 is 41.6 Å². The first kappa shape index (κ1) is 29.1. The van der Waals surface area contributed by atoms with Crippen LogP contribution in [0.2, 0.25) is 0 Å². The molecule has 12 heteroatoms. The highest BCUT2D eigenvalue weighted by Gasteiger charge is 2.47. The van der Waals surface area contributed by atoms with Crippen molar-refractivity contribution in [1.29, 1.82) is 0 Å². The van der Waals surface area contributed by atoms with E-state index in [4.69, 9.17) is 9.47 Å². The smallest absolute Gasteiger partial charge is 0.352 e. The van der Waals surface area contributed by atoms with Crippen LogP contribution in [0, 0.1) is 17.6 Å². The number of nitrogens with one attached hydrogen (secondary N) is 2. The topological polar surface area (TPSA) is 113 Å². The fourth-order valence-corrected chi connectivity index (χ4v) is 5.12. The number of urea groups is 2. The molecule has 0 radical (unpaired) electrons. The van der Waals surface area contributed by atoms with Crippen LogP contribution in [0.3, 0.4) is 0 Å². The molecule has 0 aliphatic carbocycles. The molecule has 2 atom stereocenters. The Morgan fingerprint density at radius 3 is 2.40 bits per heavy atom. The maximum atomic E-state index is 14.2. The highest BCUT2D eigenvalue weighted by Crippen LogP contribution is 2.36. The van der Waals surface area contributed by atoms with Crippen molar-refractivity contribution < 1.29 is 32.6 Å². The van der Waals surface area contributed by atoms with E-state index in [9.17, 15) is 23.2 Å². The number of carbonyl (C=O) groups is 3. The quantitative estimate of drug-likeness (QED) is 0.360. The molecule has 40 heavy (non-hydrogen) atoms. The Morgan fingerprint density at radius 1 is 1.02 bits per heavy atom. The number of esters is 1. The van der Waals surface area contributed by atoms with Gasteiger partial charge in [-0.3, -0.25) is 4.79 Å². The summed E-state index contributed by atoms with van der Waals surface area (Å²) >= 11 is 0. The molecule has 2 aliphatic rings. The van der Waals surface area contributed by atoms with Crippen LogP contribution in [0.1, 0.15) is 24.4 Å². The van der Waals surface area contributed by atoms with E-state index >= 15 is 0 Å². The molecule has 1 saturated heterocycles. The van der Waals surface area contributed by atoms with Crippen molar-refractivity contribution in [1.82, 2.24) is 15.5 Å². The van der Waals surface area contributed by atoms with Crippen LogP contribution in [-0.2, 0) is 14.3 Å². The van der Waals surface area contributed by atoms with Gasteiger partial charge in [0.2, 0.25) is 0 Å². The number of rotatable bonds is 9. The summed E-state index contributed by atoms with van der Waals surface area (Å²) in [4.78, 5) is 46.1. The molecule has 2 N–H and O–H groups in total. The molecule has 214 valence electrons. The lowest BCUT2D eigenvalue weighted by Gasteiger charge is -2.37. The van der Waals surface area contributed by atoms with E-state index in [2.05, 4.69) is 32.7 Å². The summed E-state index contributed by atoms with van der Waals surface area (Å²) in [5.74, 6) is -4.37. The fourth-order valence-electron chi connectivity index (χ4n) is 5.12. The average molecular weight is 558 g/mol. The number of hydrogen-bond donors (Lipinski definition) is 2. The average Bonchev–Trinajstić information content (AvgIpc) is 2.97. The van der Waals surface area contributed by atoms with Crippen LogP contribution in [0.25, 0.3) is 0 Å². The lowest BCUT2D eigenvalue weighted by Crippen LogP contribution is -2.54. The molecule has 0 spiro atoms. The summed E-state index contributed by atoms with van der Waals surface area (Å²) in [5, 5.41) is 6.11. The number of amides is 4. The number of hydrogen-bond acceptors (Lipinski definition) is 7. The fraction of sp³-hybridized carbons (Fsp3) is 0.429. The van der Waals surface area contributed by atoms with Gasteiger partial charge in [0, 0.05) is 45.0 Å². The van der Waals surface area contributed by atoms with E-state index in [1.807, 2.05) is 18.2 Å². The molecule has 10 nitrogen and oxygen atoms in total. The van der Waals surface area contributed by atoms with Gasteiger partial charge in [-0.05, 0) is 42.7 Å². The number of methoxy groups -OCH3 is 2. The minimum atomic E-state index is -1.33. The van der Waals surface area contributed by atoms with Gasteiger partial charge in [-0.1, -0.05) is 24.3 Å². The minimum Gasteiger partial charge on any atom is -0.468 e. The third-order valence-electron chi connectivity index (χ3n) is 7.10. The lowest BCUT2D eigenvalue weighted by molar-refractivity contribution is -0.144. The number of aliphatic imine (C=N–C) groups is 1. The van der Waals surface area contributed by atoms with Crippen molar-refractivity contribution in [3.05, 3.63) is 65.7 Å². The zero-order valence-electron chi connectivity index (χ0n) is 22.4. The molecular formula is C28H33F2N5O5. The number of anilines is 1. The van der Waals surface area contributed by atoms with Crippen molar-refractivity contribution >= 4 is 29.4 Å². The van der Waals surface area contributed by atoms with E-state index in [-0.39, 0.29) is 30.5 Å². The van der Waals surface area contributed by atoms with Gasteiger partial charge < -0.3 is 25.0 Å². The van der Waals surface area contributed by atoms with Gasteiger partial charge in [0.1, 0.15) is 5.92 Å². The van der Waals surface area contributed by atoms with Crippen LogP contribution in [0.4, 0.5) is 24.1 Å². The molecule has 1 unspecified atom stereocenters. The van der Waals surface area contributed by atoms with Crippen molar-refractivity contribution in [2.75, 3.05) is 51.9 Å². The van der Waals surface area contributed by atoms with Crippen LogP contribution >= 0.6 is 0 Å². The van der Waals surface area contributed by atoms with Crippen molar-refractivity contribution in [2.24, 2.45) is 10.9 Å². The van der Waals surface area contributed by atoms with Crippen molar-refractivity contribution in [3.63, 3.8) is 0 Å². The Kier molecular flexibility index (Phi) is 9.78. The van der Waals surface area contributed by atoms with Gasteiger partial charge in [0.25, 0.3) is 0 Å². The van der Waals surface area contributed by atoms with Crippen LogP contribution < -0.4 is 15.5 Å². The van der Waals surface area contributed by atoms with Gasteiger partial charge in [-0.2, -0.15) is 4.99 Å². The van der Waals surface area contributed by atoms with E-state index in [0.29, 0.717) is 6.54 Å². The number of ether oxygens (including phenoxy) is 2. The Hall–Kier alpha value is -3.90. The molecule has 2 aromatic carbocycles. The number of halogens is 2. The maximum Gasteiger partial charge on any atom is 0.352 e. The molecule has 2 aromatic rings. The number of piperidine rings is 1. The predicted molar refractivity (Wildman–Crippen MR) is 144 cm³/mol. The lowest BCUT2D eigenvalue weighted by atomic mass is 9.86. The van der Waals surface area contributed by atoms with Crippen LogP contribution in [0.5, 0.6) is 0 Å². The molecule has 1 fully saturated rings. The SMILES string of the molecule is COCC1=NC(=O)N(C(=O)NCCNC2CCN(c3ccccc3)CC2)[C@@H](c2ccc(F)c(F)c2)C1C(=O)OC. The zero-order chi connectivity index (χ0) is 28.6. The van der Waals surface area contributed by atoms with Gasteiger partial charge in [-0.25, -0.2) is 23.3 Å². The second-order valence-corrected chi connectivity index (χ2v) is 9.59. The minimum absolute atomic E-state index is 0.0154. The second kappa shape index (κ2) is 13.4. The molecule has 4 amide bonds. The normalized spacial score (nSPS) is 19.8. The predicted octanol–water partition coefficient (Wildman–Crippen LogP) is 3.29. The standard InChI is InChI=1S/C28H33F2N5O5/c1-39-17-23-24(26(36)40-2)25(18-8-9-21(29)22(30)16-18)35(28(38)33-23)27(37)32-13-12-31-19-10-14-34(15-11-19)20-6-4-3-5-7-20/h3-9,16,19,24-25,31H,10-15,17H2,1-2H3,(H,32,37)/t24?,25-/m0/s1. The summed E-state index contributed by atoms with van der Waals surface area (Å²) in [7, 11) is 2.50. The van der Waals surface area contributed by atoms with Gasteiger partial charge in [0.15, 0.2) is 11.6 Å². The first-order valence-corrected chi connectivity index (χ1v) is 13.1. The third kappa shape index (κ3) is 6.62. The first-order valence-electron chi connectivity index (χ1n) is 13.1. The molecule has 0 bridgehead atoms. The first-order chi connectivity index (χ1) is 19.3. The van der Waals surface area contributed by atoms with Crippen molar-refractivity contribution in [3.8, 4) is 0 Å².